The van der Waals surface area contributed by atoms with E-state index >= 15 is 0 Å². The Morgan fingerprint density at radius 1 is 1.18 bits per heavy atom. The molecule has 122 valence electrons. The van der Waals surface area contributed by atoms with Crippen LogP contribution in [0.25, 0.3) is 0 Å². The van der Waals surface area contributed by atoms with Gasteiger partial charge in [-0.25, -0.2) is 9.78 Å². The van der Waals surface area contributed by atoms with Gasteiger partial charge in [-0.1, -0.05) is 19.3 Å². The van der Waals surface area contributed by atoms with Crippen molar-refractivity contribution in [1.82, 2.24) is 9.88 Å². The van der Waals surface area contributed by atoms with Crippen molar-refractivity contribution in [3.05, 3.63) is 11.1 Å². The molecule has 1 aliphatic heterocycles. The van der Waals surface area contributed by atoms with Gasteiger partial charge in [0.15, 0.2) is 5.13 Å². The Kier molecular flexibility index (Phi) is 5.63. The zero-order chi connectivity index (χ0) is 15.4. The number of aryl methyl sites for hydroxylation is 1. The van der Waals surface area contributed by atoms with Crippen LogP contribution in [0, 0.1) is 6.92 Å². The molecule has 6 heteroatoms. The molecule has 4 nitrogen and oxygen atoms in total. The van der Waals surface area contributed by atoms with Gasteiger partial charge in [-0.05, 0) is 44.1 Å². The van der Waals surface area contributed by atoms with Crippen molar-refractivity contribution in [2.45, 2.75) is 64.0 Å². The molecule has 1 aromatic rings. The number of thioether (sulfide) groups is 1. The van der Waals surface area contributed by atoms with Gasteiger partial charge in [-0.3, -0.25) is 5.32 Å². The molecule has 1 aromatic heterocycles. The first kappa shape index (κ1) is 16.1. The van der Waals surface area contributed by atoms with Crippen LogP contribution in [0.15, 0.2) is 6.20 Å². The summed E-state index contributed by atoms with van der Waals surface area (Å²) in [6, 6.07) is 0.895. The van der Waals surface area contributed by atoms with Crippen LogP contribution < -0.4 is 5.32 Å². The van der Waals surface area contributed by atoms with Crippen LogP contribution in [0.3, 0.4) is 0 Å². The fraction of sp³-hybridized carbons (Fsp3) is 0.750. The minimum Gasteiger partial charge on any atom is -0.318 e. The zero-order valence-electron chi connectivity index (χ0n) is 13.2. The van der Waals surface area contributed by atoms with Crippen molar-refractivity contribution in [3.63, 3.8) is 0 Å². The molecule has 0 aromatic carbocycles. The van der Waals surface area contributed by atoms with Crippen molar-refractivity contribution in [1.29, 1.82) is 0 Å². The van der Waals surface area contributed by atoms with Crippen molar-refractivity contribution < 1.29 is 4.79 Å². The molecule has 0 radical (unpaired) electrons. The number of nitrogens with one attached hydrogen (secondary N) is 1. The molecule has 0 atom stereocenters. The first-order valence-corrected chi connectivity index (χ1v) is 10.3. The molecule has 1 N–H and O–H groups in total. The highest BCUT2D eigenvalue weighted by Crippen LogP contribution is 2.30. The number of anilines is 1. The lowest BCUT2D eigenvalue weighted by atomic mass is 9.92. The lowest BCUT2D eigenvalue weighted by molar-refractivity contribution is 0.128. The third kappa shape index (κ3) is 3.96. The summed E-state index contributed by atoms with van der Waals surface area (Å²) in [7, 11) is 0. The molecular formula is C16H25N3OS2. The van der Waals surface area contributed by atoms with Crippen LogP contribution in [0.5, 0.6) is 0 Å². The number of hydrogen-bond acceptors (Lipinski definition) is 4. The van der Waals surface area contributed by atoms with Crippen LogP contribution >= 0.6 is 23.1 Å². The Morgan fingerprint density at radius 3 is 2.50 bits per heavy atom. The van der Waals surface area contributed by atoms with Crippen molar-refractivity contribution in [2.24, 2.45) is 0 Å². The SMILES string of the molecule is Cc1cnc(NC(=O)N(C2CCCCC2)C2CCSCC2)s1. The molecule has 1 saturated heterocycles. The average Bonchev–Trinajstić information content (AvgIpc) is 2.95. The van der Waals surface area contributed by atoms with Crippen molar-refractivity contribution in [3.8, 4) is 0 Å². The van der Waals surface area contributed by atoms with Gasteiger partial charge >= 0.3 is 6.03 Å². The summed E-state index contributed by atoms with van der Waals surface area (Å²) >= 11 is 3.57. The Hall–Kier alpha value is -0.750. The molecule has 3 rings (SSSR count). The number of hydrogen-bond donors (Lipinski definition) is 1. The first-order chi connectivity index (χ1) is 10.7. The van der Waals surface area contributed by atoms with Crippen LogP contribution in [-0.4, -0.2) is 39.5 Å². The summed E-state index contributed by atoms with van der Waals surface area (Å²) in [5.74, 6) is 2.36. The molecule has 0 unspecified atom stereocenters. The number of aromatic nitrogens is 1. The van der Waals surface area contributed by atoms with E-state index in [0.717, 1.165) is 35.7 Å². The summed E-state index contributed by atoms with van der Waals surface area (Å²) in [4.78, 5) is 20.5. The molecule has 0 bridgehead atoms. The van der Waals surface area contributed by atoms with Gasteiger partial charge in [-0.2, -0.15) is 11.8 Å². The quantitative estimate of drug-likeness (QED) is 0.881. The maximum absolute atomic E-state index is 12.9. The molecule has 2 heterocycles. The number of carbonyl (C=O) groups is 1. The normalized spacial score (nSPS) is 20.8. The molecule has 1 aliphatic carbocycles. The van der Waals surface area contributed by atoms with Crippen LogP contribution in [0.4, 0.5) is 9.93 Å². The number of amides is 2. The maximum Gasteiger partial charge on any atom is 0.324 e. The van der Waals surface area contributed by atoms with Crippen LogP contribution in [0.2, 0.25) is 0 Å². The molecule has 22 heavy (non-hydrogen) atoms. The van der Waals surface area contributed by atoms with Crippen molar-refractivity contribution in [2.75, 3.05) is 16.8 Å². The largest absolute Gasteiger partial charge is 0.324 e. The van der Waals surface area contributed by atoms with Gasteiger partial charge < -0.3 is 4.90 Å². The van der Waals surface area contributed by atoms with Gasteiger partial charge in [0.05, 0.1) is 0 Å². The summed E-state index contributed by atoms with van der Waals surface area (Å²) in [6.45, 7) is 2.02. The number of carbonyl (C=O) groups excluding carboxylic acids is 1. The number of urea groups is 1. The Morgan fingerprint density at radius 2 is 1.86 bits per heavy atom. The number of rotatable bonds is 3. The topological polar surface area (TPSA) is 45.2 Å². The van der Waals surface area contributed by atoms with Gasteiger partial charge in [0.2, 0.25) is 0 Å². The van der Waals surface area contributed by atoms with E-state index in [9.17, 15) is 4.79 Å². The van der Waals surface area contributed by atoms with E-state index in [2.05, 4.69) is 15.2 Å². The second-order valence-corrected chi connectivity index (χ2v) is 8.71. The monoisotopic (exact) mass is 339 g/mol. The fourth-order valence-electron chi connectivity index (χ4n) is 3.52. The van der Waals surface area contributed by atoms with E-state index < -0.39 is 0 Å². The number of thiazole rings is 1. The highest BCUT2D eigenvalue weighted by atomic mass is 32.2. The Labute approximate surface area is 141 Å². The predicted octanol–water partition coefficient (Wildman–Crippen LogP) is 4.51. The second kappa shape index (κ2) is 7.68. The number of nitrogens with zero attached hydrogens (tertiary/aromatic N) is 2. The first-order valence-electron chi connectivity index (χ1n) is 8.33. The summed E-state index contributed by atoms with van der Waals surface area (Å²) in [5, 5.41) is 3.78. The predicted molar refractivity (Wildman–Crippen MR) is 94.9 cm³/mol. The van der Waals surface area contributed by atoms with Gasteiger partial charge in [-0.15, -0.1) is 11.3 Å². The minimum absolute atomic E-state index is 0.0677. The Bertz CT molecular complexity index is 475. The molecule has 2 amide bonds. The van der Waals surface area contributed by atoms with Crippen LogP contribution in [-0.2, 0) is 0 Å². The summed E-state index contributed by atoms with van der Waals surface area (Å²) in [6.07, 6.45) is 10.2. The standard InChI is InChI=1S/C16H25N3OS2/c1-12-11-17-15(22-12)18-16(20)19(13-5-3-2-4-6-13)14-7-9-21-10-8-14/h11,13-14H,2-10H2,1H3,(H,17,18,20). The fourth-order valence-corrected chi connectivity index (χ4v) is 5.26. The molecular weight excluding hydrogens is 314 g/mol. The van der Waals surface area contributed by atoms with Gasteiger partial charge in [0.1, 0.15) is 0 Å². The maximum atomic E-state index is 12.9. The third-order valence-electron chi connectivity index (χ3n) is 4.62. The second-order valence-electron chi connectivity index (χ2n) is 6.25. The van der Waals surface area contributed by atoms with E-state index in [-0.39, 0.29) is 6.03 Å². The molecule has 2 fully saturated rings. The minimum atomic E-state index is 0.0677. The third-order valence-corrected chi connectivity index (χ3v) is 6.50. The highest BCUT2D eigenvalue weighted by Gasteiger charge is 2.32. The van der Waals surface area contributed by atoms with Crippen molar-refractivity contribution >= 4 is 34.3 Å². The van der Waals surface area contributed by atoms with Gasteiger partial charge in [0, 0.05) is 23.2 Å². The smallest absolute Gasteiger partial charge is 0.318 e. The average molecular weight is 340 g/mol. The summed E-state index contributed by atoms with van der Waals surface area (Å²) in [5.41, 5.74) is 0. The van der Waals surface area contributed by atoms with E-state index in [1.54, 1.807) is 11.3 Å². The highest BCUT2D eigenvalue weighted by molar-refractivity contribution is 7.99. The molecule has 1 saturated carbocycles. The van der Waals surface area contributed by atoms with E-state index in [1.165, 1.54) is 30.8 Å². The lowest BCUT2D eigenvalue weighted by Crippen LogP contribution is -2.51. The zero-order valence-corrected chi connectivity index (χ0v) is 14.8. The van der Waals surface area contributed by atoms with Crippen LogP contribution in [0.1, 0.15) is 49.8 Å². The molecule has 2 aliphatic rings. The van der Waals surface area contributed by atoms with Gasteiger partial charge in [0.25, 0.3) is 0 Å². The summed E-state index contributed by atoms with van der Waals surface area (Å²) < 4.78 is 0. The van der Waals surface area contributed by atoms with E-state index in [0.29, 0.717) is 12.1 Å². The lowest BCUT2D eigenvalue weighted by Gasteiger charge is -2.41. The molecule has 0 spiro atoms. The van der Waals surface area contributed by atoms with E-state index in [4.69, 9.17) is 0 Å². The van der Waals surface area contributed by atoms with E-state index in [1.807, 2.05) is 24.9 Å². The Balaban J connectivity index is 1.72.